The van der Waals surface area contributed by atoms with Crippen molar-refractivity contribution in [2.45, 2.75) is 38.0 Å². The predicted octanol–water partition coefficient (Wildman–Crippen LogP) is 2.23. The van der Waals surface area contributed by atoms with Crippen LogP contribution in [0.15, 0.2) is 30.3 Å². The van der Waals surface area contributed by atoms with Crippen molar-refractivity contribution < 1.29 is 14.3 Å². The smallest absolute Gasteiger partial charge is 0.328 e. The first-order chi connectivity index (χ1) is 9.93. The van der Waals surface area contributed by atoms with E-state index in [2.05, 4.69) is 17.9 Å². The summed E-state index contributed by atoms with van der Waals surface area (Å²) in [5.74, 6) is -0.391. The summed E-state index contributed by atoms with van der Waals surface area (Å²) in [7, 11) is 1.32. The third-order valence-electron chi connectivity index (χ3n) is 3.08. The van der Waals surface area contributed by atoms with E-state index >= 15 is 0 Å². The SMILES string of the molecule is COC(=O)[C@H](CC(C)C)NC(=O)C(S)Cc1ccccc1. The van der Waals surface area contributed by atoms with Crippen LogP contribution in [0.5, 0.6) is 0 Å². The number of nitrogens with one attached hydrogen (secondary N) is 1. The zero-order valence-corrected chi connectivity index (χ0v) is 13.6. The Labute approximate surface area is 131 Å². The third-order valence-corrected chi connectivity index (χ3v) is 3.50. The van der Waals surface area contributed by atoms with Crippen LogP contribution in [0.2, 0.25) is 0 Å². The van der Waals surface area contributed by atoms with E-state index in [1.165, 1.54) is 7.11 Å². The maximum absolute atomic E-state index is 12.2. The van der Waals surface area contributed by atoms with Crippen molar-refractivity contribution in [2.24, 2.45) is 5.92 Å². The quantitative estimate of drug-likeness (QED) is 0.600. The number of methoxy groups -OCH3 is 1. The highest BCUT2D eigenvalue weighted by Gasteiger charge is 2.25. The second-order valence-corrected chi connectivity index (χ2v) is 6.04. The Morgan fingerprint density at radius 1 is 1.24 bits per heavy atom. The summed E-state index contributed by atoms with van der Waals surface area (Å²) in [5.41, 5.74) is 1.03. The van der Waals surface area contributed by atoms with E-state index in [0.29, 0.717) is 12.8 Å². The minimum atomic E-state index is -0.618. The number of carbonyl (C=O) groups is 2. The number of esters is 1. The molecule has 1 unspecified atom stereocenters. The molecule has 1 N–H and O–H groups in total. The zero-order chi connectivity index (χ0) is 15.8. The molecule has 0 aliphatic carbocycles. The highest BCUT2D eigenvalue weighted by atomic mass is 32.1. The van der Waals surface area contributed by atoms with Gasteiger partial charge in [-0.1, -0.05) is 44.2 Å². The molecule has 0 radical (unpaired) electrons. The highest BCUT2D eigenvalue weighted by molar-refractivity contribution is 7.81. The minimum absolute atomic E-state index is 0.252. The topological polar surface area (TPSA) is 55.4 Å². The number of amides is 1. The van der Waals surface area contributed by atoms with Crippen molar-refractivity contribution in [3.8, 4) is 0 Å². The minimum Gasteiger partial charge on any atom is -0.467 e. The van der Waals surface area contributed by atoms with Crippen LogP contribution in [0, 0.1) is 5.92 Å². The van der Waals surface area contributed by atoms with Gasteiger partial charge >= 0.3 is 5.97 Å². The number of benzene rings is 1. The van der Waals surface area contributed by atoms with E-state index in [1.54, 1.807) is 0 Å². The van der Waals surface area contributed by atoms with Crippen molar-refractivity contribution in [2.75, 3.05) is 7.11 Å². The van der Waals surface area contributed by atoms with Gasteiger partial charge in [-0.15, -0.1) is 0 Å². The van der Waals surface area contributed by atoms with Gasteiger partial charge in [0.15, 0.2) is 0 Å². The molecule has 5 heteroatoms. The molecule has 2 atom stereocenters. The van der Waals surface area contributed by atoms with Gasteiger partial charge < -0.3 is 10.1 Å². The summed E-state index contributed by atoms with van der Waals surface area (Å²) in [6.07, 6.45) is 1.07. The molecule has 0 saturated heterocycles. The fourth-order valence-corrected chi connectivity index (χ4v) is 2.31. The maximum atomic E-state index is 12.2. The standard InChI is InChI=1S/C16H23NO3S/c1-11(2)9-13(16(19)20-3)17-15(18)14(21)10-12-7-5-4-6-8-12/h4-8,11,13-14,21H,9-10H2,1-3H3,(H,17,18)/t13-,14?/m0/s1. The second kappa shape index (κ2) is 8.72. The fraction of sp³-hybridized carbons (Fsp3) is 0.500. The van der Waals surface area contributed by atoms with Crippen LogP contribution in [-0.2, 0) is 20.7 Å². The number of thiol groups is 1. The number of carbonyl (C=O) groups excluding carboxylic acids is 2. The van der Waals surface area contributed by atoms with Gasteiger partial charge in [-0.05, 0) is 24.3 Å². The molecule has 0 aromatic heterocycles. The third kappa shape index (κ3) is 6.21. The molecule has 1 amide bonds. The maximum Gasteiger partial charge on any atom is 0.328 e. The lowest BCUT2D eigenvalue weighted by molar-refractivity contribution is -0.145. The van der Waals surface area contributed by atoms with Crippen molar-refractivity contribution in [3.05, 3.63) is 35.9 Å². The molecule has 0 fully saturated rings. The summed E-state index contributed by atoms with van der Waals surface area (Å²) in [6, 6.07) is 9.04. The Morgan fingerprint density at radius 3 is 2.38 bits per heavy atom. The second-order valence-electron chi connectivity index (χ2n) is 5.42. The van der Waals surface area contributed by atoms with Crippen LogP contribution in [-0.4, -0.2) is 30.3 Å². The van der Waals surface area contributed by atoms with E-state index in [-0.39, 0.29) is 11.8 Å². The van der Waals surface area contributed by atoms with Crippen LogP contribution in [0.3, 0.4) is 0 Å². The van der Waals surface area contributed by atoms with Crippen LogP contribution in [0.25, 0.3) is 0 Å². The summed E-state index contributed by atoms with van der Waals surface area (Å²) in [5, 5.41) is 2.24. The first-order valence-corrected chi connectivity index (χ1v) is 7.55. The Balaban J connectivity index is 2.61. The normalized spacial score (nSPS) is 13.6. The van der Waals surface area contributed by atoms with Crippen LogP contribution in [0.1, 0.15) is 25.8 Å². The van der Waals surface area contributed by atoms with Gasteiger partial charge in [-0.3, -0.25) is 4.79 Å². The van der Waals surface area contributed by atoms with Gasteiger partial charge in [0, 0.05) is 0 Å². The number of ether oxygens (including phenoxy) is 1. The van der Waals surface area contributed by atoms with Crippen molar-refractivity contribution >= 4 is 24.5 Å². The Hall–Kier alpha value is -1.49. The zero-order valence-electron chi connectivity index (χ0n) is 12.7. The lowest BCUT2D eigenvalue weighted by Crippen LogP contribution is -2.45. The Morgan fingerprint density at radius 2 is 1.86 bits per heavy atom. The summed E-state index contributed by atoms with van der Waals surface area (Å²) < 4.78 is 4.73. The van der Waals surface area contributed by atoms with Gasteiger partial charge in [0.25, 0.3) is 0 Å². The van der Waals surface area contributed by atoms with Crippen LogP contribution < -0.4 is 5.32 Å². The molecule has 0 aliphatic heterocycles. The van der Waals surface area contributed by atoms with Crippen molar-refractivity contribution in [1.82, 2.24) is 5.32 Å². The molecule has 116 valence electrons. The monoisotopic (exact) mass is 309 g/mol. The average Bonchev–Trinajstić information content (AvgIpc) is 2.46. The molecule has 0 bridgehead atoms. The number of hydrogen-bond acceptors (Lipinski definition) is 4. The summed E-state index contributed by atoms with van der Waals surface area (Å²) in [6.45, 7) is 3.98. The lowest BCUT2D eigenvalue weighted by atomic mass is 10.0. The molecule has 1 aromatic carbocycles. The van der Waals surface area contributed by atoms with E-state index in [0.717, 1.165) is 5.56 Å². The fourth-order valence-electron chi connectivity index (χ4n) is 2.03. The summed E-state index contributed by atoms with van der Waals surface area (Å²) >= 11 is 4.34. The predicted molar refractivity (Wildman–Crippen MR) is 86.3 cm³/mol. The van der Waals surface area contributed by atoms with Gasteiger partial charge in [0.2, 0.25) is 5.91 Å². The van der Waals surface area contributed by atoms with Crippen molar-refractivity contribution in [3.63, 3.8) is 0 Å². The number of rotatable bonds is 7. The van der Waals surface area contributed by atoms with E-state index in [4.69, 9.17) is 4.74 Å². The first kappa shape index (κ1) is 17.6. The van der Waals surface area contributed by atoms with E-state index in [9.17, 15) is 9.59 Å². The van der Waals surface area contributed by atoms with E-state index < -0.39 is 17.3 Å². The van der Waals surface area contributed by atoms with Crippen molar-refractivity contribution in [1.29, 1.82) is 0 Å². The van der Waals surface area contributed by atoms with Gasteiger partial charge in [0.05, 0.1) is 12.4 Å². The molecular weight excluding hydrogens is 286 g/mol. The van der Waals surface area contributed by atoms with Crippen LogP contribution >= 0.6 is 12.6 Å². The van der Waals surface area contributed by atoms with Crippen LogP contribution in [0.4, 0.5) is 0 Å². The molecule has 0 spiro atoms. The molecule has 1 rings (SSSR count). The molecule has 0 saturated carbocycles. The molecular formula is C16H23NO3S. The largest absolute Gasteiger partial charge is 0.467 e. The summed E-state index contributed by atoms with van der Waals surface area (Å²) in [4.78, 5) is 23.9. The number of hydrogen-bond donors (Lipinski definition) is 2. The first-order valence-electron chi connectivity index (χ1n) is 7.04. The lowest BCUT2D eigenvalue weighted by Gasteiger charge is -2.20. The Kier molecular flexibility index (Phi) is 7.29. The molecule has 0 heterocycles. The van der Waals surface area contributed by atoms with Gasteiger partial charge in [-0.25, -0.2) is 4.79 Å². The van der Waals surface area contributed by atoms with E-state index in [1.807, 2.05) is 44.2 Å². The average molecular weight is 309 g/mol. The highest BCUT2D eigenvalue weighted by Crippen LogP contribution is 2.10. The molecule has 1 aromatic rings. The van der Waals surface area contributed by atoms with Gasteiger partial charge in [-0.2, -0.15) is 12.6 Å². The molecule has 4 nitrogen and oxygen atoms in total. The van der Waals surface area contributed by atoms with Gasteiger partial charge in [0.1, 0.15) is 6.04 Å². The molecule has 0 aliphatic rings. The Bertz CT molecular complexity index is 462. The molecule has 21 heavy (non-hydrogen) atoms.